The first-order chi connectivity index (χ1) is 13.9. The van der Waals surface area contributed by atoms with Crippen LogP contribution >= 0.6 is 0 Å². The van der Waals surface area contributed by atoms with Gasteiger partial charge in [-0.05, 0) is 51.5 Å². The van der Waals surface area contributed by atoms with Gasteiger partial charge < -0.3 is 16.0 Å². The molecule has 1 heterocycles. The van der Waals surface area contributed by atoms with Crippen molar-refractivity contribution in [3.8, 4) is 0 Å². The van der Waals surface area contributed by atoms with E-state index in [-0.39, 0.29) is 5.91 Å². The molecule has 0 saturated heterocycles. The topological polar surface area (TPSA) is 78.9 Å². The number of aryl methyl sites for hydroxylation is 4. The molecule has 0 radical (unpaired) electrons. The van der Waals surface area contributed by atoms with Gasteiger partial charge in [-0.25, -0.2) is 4.98 Å². The largest absolute Gasteiger partial charge is 0.352 e. The highest BCUT2D eigenvalue weighted by Crippen LogP contribution is 2.17. The van der Waals surface area contributed by atoms with Crippen LogP contribution in [0.25, 0.3) is 0 Å². The molecule has 1 amide bonds. The summed E-state index contributed by atoms with van der Waals surface area (Å²) in [5, 5.41) is 9.40. The lowest BCUT2D eigenvalue weighted by Gasteiger charge is -2.11. The van der Waals surface area contributed by atoms with Crippen LogP contribution in [0.2, 0.25) is 0 Å². The van der Waals surface area contributed by atoms with E-state index in [2.05, 4.69) is 32.8 Å². The van der Waals surface area contributed by atoms with Crippen LogP contribution in [0.4, 0.5) is 17.5 Å². The van der Waals surface area contributed by atoms with Crippen molar-refractivity contribution in [1.29, 1.82) is 0 Å². The highest BCUT2D eigenvalue weighted by molar-refractivity contribution is 5.95. The Balaban J connectivity index is 1.54. The van der Waals surface area contributed by atoms with Crippen LogP contribution < -0.4 is 16.0 Å². The summed E-state index contributed by atoms with van der Waals surface area (Å²) in [7, 11) is 0. The normalized spacial score (nSPS) is 10.5. The summed E-state index contributed by atoms with van der Waals surface area (Å²) in [6.45, 7) is 8.95. The lowest BCUT2D eigenvalue weighted by atomic mass is 10.1. The Hall–Kier alpha value is -3.41. The van der Waals surface area contributed by atoms with Gasteiger partial charge in [0.15, 0.2) is 0 Å². The van der Waals surface area contributed by atoms with Crippen molar-refractivity contribution in [3.05, 3.63) is 76.5 Å². The second-order valence-electron chi connectivity index (χ2n) is 7.21. The van der Waals surface area contributed by atoms with Crippen LogP contribution in [0.3, 0.4) is 0 Å². The molecule has 0 spiro atoms. The van der Waals surface area contributed by atoms with Crippen LogP contribution in [0.15, 0.2) is 48.5 Å². The Bertz CT molecular complexity index is 999. The molecule has 0 bridgehead atoms. The van der Waals surface area contributed by atoms with Crippen LogP contribution in [0, 0.1) is 27.7 Å². The van der Waals surface area contributed by atoms with Gasteiger partial charge in [0.2, 0.25) is 5.95 Å². The van der Waals surface area contributed by atoms with Crippen LogP contribution in [0.5, 0.6) is 0 Å². The molecule has 0 aliphatic heterocycles. The third-order valence-corrected chi connectivity index (χ3v) is 4.50. The number of aromatic nitrogens is 2. The van der Waals surface area contributed by atoms with E-state index in [0.29, 0.717) is 24.6 Å². The summed E-state index contributed by atoms with van der Waals surface area (Å²) in [6, 6.07) is 15.8. The van der Waals surface area contributed by atoms with Gasteiger partial charge >= 0.3 is 0 Å². The van der Waals surface area contributed by atoms with Gasteiger partial charge in [-0.1, -0.05) is 35.4 Å². The molecule has 0 fully saturated rings. The fraction of sp³-hybridized carbons (Fsp3) is 0.261. The minimum absolute atomic E-state index is 0.0730. The molecule has 6 heteroatoms. The number of anilines is 3. The molecule has 1 aromatic heterocycles. The molecule has 0 saturated carbocycles. The predicted molar refractivity (Wildman–Crippen MR) is 118 cm³/mol. The number of carbonyl (C=O) groups excluding carboxylic acids is 1. The highest BCUT2D eigenvalue weighted by Gasteiger charge is 2.08. The van der Waals surface area contributed by atoms with Crippen molar-refractivity contribution in [2.24, 2.45) is 0 Å². The van der Waals surface area contributed by atoms with Crippen molar-refractivity contribution in [1.82, 2.24) is 15.3 Å². The zero-order valence-electron chi connectivity index (χ0n) is 17.3. The first kappa shape index (κ1) is 20.3. The quantitative estimate of drug-likeness (QED) is 0.525. The zero-order valence-corrected chi connectivity index (χ0v) is 17.3. The molecular formula is C23H27N5O. The number of nitrogens with zero attached hydrogens (tertiary/aromatic N) is 2. The molecule has 6 nitrogen and oxygen atoms in total. The van der Waals surface area contributed by atoms with Gasteiger partial charge in [-0.15, -0.1) is 0 Å². The van der Waals surface area contributed by atoms with E-state index in [9.17, 15) is 4.79 Å². The van der Waals surface area contributed by atoms with Gasteiger partial charge in [-0.3, -0.25) is 4.79 Å². The van der Waals surface area contributed by atoms with Gasteiger partial charge in [0.1, 0.15) is 5.82 Å². The number of nitrogens with one attached hydrogen (secondary N) is 3. The summed E-state index contributed by atoms with van der Waals surface area (Å²) < 4.78 is 0. The van der Waals surface area contributed by atoms with E-state index in [1.807, 2.05) is 69.3 Å². The maximum atomic E-state index is 12.3. The number of rotatable bonds is 7. The standard InChI is InChI=1S/C23H27N5O/c1-15-5-8-19(9-6-15)27-21-14-18(4)26-23(28-21)25-12-11-24-22(29)20-10-7-16(2)13-17(20)3/h5-10,13-14H,11-12H2,1-4H3,(H,24,29)(H2,25,26,27,28). The molecule has 0 unspecified atom stereocenters. The Morgan fingerprint density at radius 3 is 2.31 bits per heavy atom. The fourth-order valence-corrected chi connectivity index (χ4v) is 3.01. The predicted octanol–water partition coefficient (Wildman–Crippen LogP) is 4.30. The smallest absolute Gasteiger partial charge is 0.251 e. The SMILES string of the molecule is Cc1ccc(Nc2cc(C)nc(NCCNC(=O)c3ccc(C)cc3C)n2)cc1. The maximum absolute atomic E-state index is 12.3. The first-order valence-electron chi connectivity index (χ1n) is 9.69. The Morgan fingerprint density at radius 1 is 0.862 bits per heavy atom. The molecule has 3 rings (SSSR count). The molecular weight excluding hydrogens is 362 g/mol. The monoisotopic (exact) mass is 389 g/mol. The average Bonchev–Trinajstić information content (AvgIpc) is 2.66. The van der Waals surface area contributed by atoms with E-state index in [0.717, 1.165) is 28.3 Å². The molecule has 0 aliphatic carbocycles. The van der Waals surface area contributed by atoms with E-state index < -0.39 is 0 Å². The van der Waals surface area contributed by atoms with Crippen molar-refractivity contribution in [3.63, 3.8) is 0 Å². The van der Waals surface area contributed by atoms with E-state index in [1.54, 1.807) is 0 Å². The molecule has 3 N–H and O–H groups in total. The molecule has 0 atom stereocenters. The second-order valence-corrected chi connectivity index (χ2v) is 7.21. The average molecular weight is 390 g/mol. The third kappa shape index (κ3) is 5.78. The molecule has 3 aromatic rings. The minimum atomic E-state index is -0.0730. The van der Waals surface area contributed by atoms with Crippen molar-refractivity contribution in [2.75, 3.05) is 23.7 Å². The summed E-state index contributed by atoms with van der Waals surface area (Å²) >= 11 is 0. The number of hydrogen-bond donors (Lipinski definition) is 3. The zero-order chi connectivity index (χ0) is 20.8. The van der Waals surface area contributed by atoms with Gasteiger partial charge in [0.25, 0.3) is 5.91 Å². The van der Waals surface area contributed by atoms with Crippen molar-refractivity contribution >= 4 is 23.4 Å². The van der Waals surface area contributed by atoms with Gasteiger partial charge in [0.05, 0.1) is 0 Å². The number of carbonyl (C=O) groups is 1. The maximum Gasteiger partial charge on any atom is 0.251 e. The molecule has 150 valence electrons. The Kier molecular flexibility index (Phi) is 6.44. The second kappa shape index (κ2) is 9.19. The van der Waals surface area contributed by atoms with Crippen LogP contribution in [0.1, 0.15) is 32.7 Å². The molecule has 29 heavy (non-hydrogen) atoms. The first-order valence-corrected chi connectivity index (χ1v) is 9.69. The summed E-state index contributed by atoms with van der Waals surface area (Å²) in [6.07, 6.45) is 0. The molecule has 2 aromatic carbocycles. The van der Waals surface area contributed by atoms with Gasteiger partial charge in [0, 0.05) is 36.1 Å². The van der Waals surface area contributed by atoms with Crippen molar-refractivity contribution < 1.29 is 4.79 Å². The van der Waals surface area contributed by atoms with E-state index >= 15 is 0 Å². The van der Waals surface area contributed by atoms with Crippen molar-refractivity contribution in [2.45, 2.75) is 27.7 Å². The fourth-order valence-electron chi connectivity index (χ4n) is 3.01. The van der Waals surface area contributed by atoms with E-state index in [4.69, 9.17) is 0 Å². The Morgan fingerprint density at radius 2 is 1.59 bits per heavy atom. The minimum Gasteiger partial charge on any atom is -0.352 e. The summed E-state index contributed by atoms with van der Waals surface area (Å²) in [5.41, 5.74) is 5.86. The van der Waals surface area contributed by atoms with E-state index in [1.165, 1.54) is 5.56 Å². The number of amides is 1. The van der Waals surface area contributed by atoms with Crippen LogP contribution in [-0.4, -0.2) is 29.0 Å². The number of hydrogen-bond acceptors (Lipinski definition) is 5. The Labute approximate surface area is 171 Å². The third-order valence-electron chi connectivity index (χ3n) is 4.50. The van der Waals surface area contributed by atoms with Gasteiger partial charge in [-0.2, -0.15) is 4.98 Å². The number of benzene rings is 2. The molecule has 0 aliphatic rings. The lowest BCUT2D eigenvalue weighted by Crippen LogP contribution is -2.29. The van der Waals surface area contributed by atoms with Crippen LogP contribution in [-0.2, 0) is 0 Å². The highest BCUT2D eigenvalue weighted by atomic mass is 16.1. The summed E-state index contributed by atoms with van der Waals surface area (Å²) in [5.74, 6) is 1.18. The summed E-state index contributed by atoms with van der Waals surface area (Å²) in [4.78, 5) is 21.3. The lowest BCUT2D eigenvalue weighted by molar-refractivity contribution is 0.0954.